The van der Waals surface area contributed by atoms with E-state index in [9.17, 15) is 4.79 Å². The zero-order valence-electron chi connectivity index (χ0n) is 14.5. The predicted molar refractivity (Wildman–Crippen MR) is 91.7 cm³/mol. The maximum absolute atomic E-state index is 11.9. The first-order valence-electron chi connectivity index (χ1n) is 8.57. The van der Waals surface area contributed by atoms with Crippen molar-refractivity contribution in [3.8, 4) is 0 Å². The molecule has 2 heterocycles. The Balaban J connectivity index is 1.70. The summed E-state index contributed by atoms with van der Waals surface area (Å²) in [6, 6.07) is 8.22. The molecule has 1 aliphatic rings. The van der Waals surface area contributed by atoms with E-state index >= 15 is 0 Å². The van der Waals surface area contributed by atoms with Gasteiger partial charge in [-0.25, -0.2) is 0 Å². The maximum Gasteiger partial charge on any atom is 0.233 e. The molecule has 1 N–H and O–H groups in total. The Morgan fingerprint density at radius 1 is 1.29 bits per heavy atom. The van der Waals surface area contributed by atoms with E-state index in [1.165, 1.54) is 0 Å². The molecule has 1 aliphatic heterocycles. The largest absolute Gasteiger partial charge is 0.424 e. The number of rotatable bonds is 6. The summed E-state index contributed by atoms with van der Waals surface area (Å²) in [5.74, 6) is 1.46. The van der Waals surface area contributed by atoms with Crippen LogP contribution in [0.1, 0.15) is 63.0 Å². The van der Waals surface area contributed by atoms with Gasteiger partial charge in [0, 0.05) is 31.1 Å². The highest BCUT2D eigenvalue weighted by atomic mass is 16.4. The molecule has 1 aromatic carbocycles. The first kappa shape index (κ1) is 16.6. The summed E-state index contributed by atoms with van der Waals surface area (Å²) >= 11 is 0. The average molecular weight is 328 g/mol. The van der Waals surface area contributed by atoms with Crippen molar-refractivity contribution in [2.45, 2.75) is 52.1 Å². The van der Waals surface area contributed by atoms with Crippen molar-refractivity contribution in [2.75, 3.05) is 11.4 Å². The molecule has 1 aromatic heterocycles. The molecule has 2 aromatic rings. The van der Waals surface area contributed by atoms with Crippen molar-refractivity contribution in [3.63, 3.8) is 0 Å². The van der Waals surface area contributed by atoms with E-state index in [0.717, 1.165) is 30.6 Å². The minimum Gasteiger partial charge on any atom is -0.424 e. The third-order valence-corrected chi connectivity index (χ3v) is 4.41. The van der Waals surface area contributed by atoms with Gasteiger partial charge in [-0.2, -0.15) is 0 Å². The topological polar surface area (TPSA) is 71.3 Å². The third-order valence-electron chi connectivity index (χ3n) is 4.41. The monoisotopic (exact) mass is 328 g/mol. The second-order valence-electron chi connectivity index (χ2n) is 6.24. The molecular weight excluding hydrogens is 304 g/mol. The predicted octanol–water partition coefficient (Wildman–Crippen LogP) is 3.17. The van der Waals surface area contributed by atoms with Gasteiger partial charge in [-0.1, -0.05) is 19.1 Å². The van der Waals surface area contributed by atoms with Crippen LogP contribution < -0.4 is 10.2 Å². The lowest BCUT2D eigenvalue weighted by Gasteiger charge is -2.21. The maximum atomic E-state index is 11.9. The molecule has 0 radical (unpaired) electrons. The number of amides is 1. The fraction of sp³-hybridized carbons (Fsp3) is 0.500. The number of hydrogen-bond donors (Lipinski definition) is 1. The lowest BCUT2D eigenvalue weighted by Crippen LogP contribution is -2.25. The van der Waals surface area contributed by atoms with E-state index in [2.05, 4.69) is 34.6 Å². The minimum atomic E-state index is -0.0372. The fourth-order valence-corrected chi connectivity index (χ4v) is 3.01. The van der Waals surface area contributed by atoms with Crippen molar-refractivity contribution >= 4 is 11.6 Å². The quantitative estimate of drug-likeness (QED) is 0.882. The standard InChI is InChI=1S/C18H24N4O2/c1-4-16-20-21-18(24-16)13(3)19-12(2)14-7-5-8-15(11-14)22-10-6-9-17(22)23/h5,7-8,11-13,19H,4,6,9-10H2,1-3H3/t12-,13+/m0/s1. The van der Waals surface area contributed by atoms with Crippen LogP contribution in [0.25, 0.3) is 0 Å². The van der Waals surface area contributed by atoms with Gasteiger partial charge in [-0.15, -0.1) is 10.2 Å². The van der Waals surface area contributed by atoms with Crippen LogP contribution in [0.5, 0.6) is 0 Å². The van der Waals surface area contributed by atoms with E-state index in [1.54, 1.807) is 0 Å². The van der Waals surface area contributed by atoms with Gasteiger partial charge in [-0.3, -0.25) is 10.1 Å². The van der Waals surface area contributed by atoms with Gasteiger partial charge in [0.2, 0.25) is 17.7 Å². The minimum absolute atomic E-state index is 0.0372. The highest BCUT2D eigenvalue weighted by Crippen LogP contribution is 2.26. The van der Waals surface area contributed by atoms with Crippen molar-refractivity contribution < 1.29 is 9.21 Å². The van der Waals surface area contributed by atoms with Crippen molar-refractivity contribution in [3.05, 3.63) is 41.6 Å². The summed E-state index contributed by atoms with van der Waals surface area (Å²) in [5, 5.41) is 11.6. The van der Waals surface area contributed by atoms with Crippen LogP contribution in [-0.2, 0) is 11.2 Å². The van der Waals surface area contributed by atoms with Gasteiger partial charge < -0.3 is 9.32 Å². The van der Waals surface area contributed by atoms with E-state index in [-0.39, 0.29) is 18.0 Å². The highest BCUT2D eigenvalue weighted by Gasteiger charge is 2.22. The Hall–Kier alpha value is -2.21. The van der Waals surface area contributed by atoms with E-state index in [4.69, 9.17) is 4.42 Å². The molecule has 1 amide bonds. The SMILES string of the molecule is CCc1nnc([C@@H](C)N[C@@H](C)c2cccc(N3CCCC3=O)c2)o1. The number of nitrogens with one attached hydrogen (secondary N) is 1. The molecule has 1 saturated heterocycles. The zero-order chi connectivity index (χ0) is 17.1. The third kappa shape index (κ3) is 3.48. The van der Waals surface area contributed by atoms with E-state index in [0.29, 0.717) is 18.2 Å². The van der Waals surface area contributed by atoms with Gasteiger partial charge >= 0.3 is 0 Å². The second-order valence-corrected chi connectivity index (χ2v) is 6.24. The summed E-state index contributed by atoms with van der Waals surface area (Å²) in [6.45, 7) is 6.90. The molecule has 24 heavy (non-hydrogen) atoms. The van der Waals surface area contributed by atoms with Gasteiger partial charge in [0.15, 0.2) is 0 Å². The number of hydrogen-bond acceptors (Lipinski definition) is 5. The molecule has 2 atom stereocenters. The first-order valence-corrected chi connectivity index (χ1v) is 8.57. The molecule has 0 saturated carbocycles. The van der Waals surface area contributed by atoms with E-state index < -0.39 is 0 Å². The van der Waals surface area contributed by atoms with Crippen LogP contribution in [0.3, 0.4) is 0 Å². The van der Waals surface area contributed by atoms with Crippen LogP contribution in [0.2, 0.25) is 0 Å². The summed E-state index contributed by atoms with van der Waals surface area (Å²) in [7, 11) is 0. The molecule has 6 heteroatoms. The molecule has 0 bridgehead atoms. The summed E-state index contributed by atoms with van der Waals surface area (Å²) in [4.78, 5) is 13.8. The number of anilines is 1. The Labute approximate surface area is 142 Å². The Bertz CT molecular complexity index is 713. The molecule has 6 nitrogen and oxygen atoms in total. The lowest BCUT2D eigenvalue weighted by molar-refractivity contribution is -0.117. The summed E-state index contributed by atoms with van der Waals surface area (Å²) in [5.41, 5.74) is 2.11. The van der Waals surface area contributed by atoms with Gasteiger partial charge in [-0.05, 0) is 38.0 Å². The molecule has 3 rings (SSSR count). The van der Waals surface area contributed by atoms with Crippen LogP contribution in [-0.4, -0.2) is 22.6 Å². The number of carbonyl (C=O) groups is 1. The highest BCUT2D eigenvalue weighted by molar-refractivity contribution is 5.95. The molecular formula is C18H24N4O2. The number of benzene rings is 1. The molecule has 0 spiro atoms. The van der Waals surface area contributed by atoms with Crippen molar-refractivity contribution in [1.29, 1.82) is 0 Å². The summed E-state index contributed by atoms with van der Waals surface area (Å²) in [6.07, 6.45) is 2.32. The first-order chi connectivity index (χ1) is 11.6. The van der Waals surface area contributed by atoms with Gasteiger partial charge in [0.05, 0.1) is 6.04 Å². The van der Waals surface area contributed by atoms with Crippen molar-refractivity contribution in [2.24, 2.45) is 0 Å². The van der Waals surface area contributed by atoms with Crippen LogP contribution in [0.4, 0.5) is 5.69 Å². The molecule has 128 valence electrons. The molecule has 1 fully saturated rings. The van der Waals surface area contributed by atoms with Crippen LogP contribution >= 0.6 is 0 Å². The number of aryl methyl sites for hydroxylation is 1. The van der Waals surface area contributed by atoms with Crippen LogP contribution in [0, 0.1) is 0 Å². The normalized spacial score (nSPS) is 17.3. The smallest absolute Gasteiger partial charge is 0.233 e. The number of carbonyl (C=O) groups excluding carboxylic acids is 1. The second kappa shape index (κ2) is 7.13. The number of aromatic nitrogens is 2. The lowest BCUT2D eigenvalue weighted by atomic mass is 10.1. The zero-order valence-corrected chi connectivity index (χ0v) is 14.5. The number of nitrogens with zero attached hydrogens (tertiary/aromatic N) is 3. The molecule has 0 aliphatic carbocycles. The van der Waals surface area contributed by atoms with Gasteiger partial charge in [0.25, 0.3) is 0 Å². The van der Waals surface area contributed by atoms with Gasteiger partial charge in [0.1, 0.15) is 0 Å². The Morgan fingerprint density at radius 3 is 2.79 bits per heavy atom. The van der Waals surface area contributed by atoms with E-state index in [1.807, 2.05) is 30.9 Å². The summed E-state index contributed by atoms with van der Waals surface area (Å²) < 4.78 is 5.61. The average Bonchev–Trinajstić information content (AvgIpc) is 3.23. The van der Waals surface area contributed by atoms with Crippen molar-refractivity contribution in [1.82, 2.24) is 15.5 Å². The Morgan fingerprint density at radius 2 is 2.12 bits per heavy atom. The van der Waals surface area contributed by atoms with Crippen LogP contribution in [0.15, 0.2) is 28.7 Å². The Kier molecular flexibility index (Phi) is 4.94. The molecule has 0 unspecified atom stereocenters. The fourth-order valence-electron chi connectivity index (χ4n) is 3.01.